The van der Waals surface area contributed by atoms with Crippen molar-refractivity contribution < 1.29 is 13.9 Å². The molecule has 0 atom stereocenters. The standard InChI is InChI=1S/C27H31BrFN7O2S/c1-6-19-24(33(5)25-31-22(23(28)39-25)17-7-9-18(29)10-8-17)36-20(30-19)11-12-21(32-36)34-13-15-35(16-14-34)26(37)38-27(2,3)4/h7-12H,6,13-16H2,1-5H3. The lowest BCUT2D eigenvalue weighted by molar-refractivity contribution is 0.0240. The minimum atomic E-state index is -0.519. The van der Waals surface area contributed by atoms with E-state index in [4.69, 9.17) is 19.8 Å². The van der Waals surface area contributed by atoms with Crippen LogP contribution in [0.1, 0.15) is 33.4 Å². The SMILES string of the molecule is CCc1nc2ccc(N3CCN(C(=O)OC(C)(C)C)CC3)nn2c1N(C)c1nc(-c2ccc(F)cc2)c(Br)s1. The van der Waals surface area contributed by atoms with Crippen molar-refractivity contribution >= 4 is 55.8 Å². The number of piperazine rings is 1. The highest BCUT2D eigenvalue weighted by Crippen LogP contribution is 2.40. The fourth-order valence-corrected chi connectivity index (χ4v) is 5.99. The summed E-state index contributed by atoms with van der Waals surface area (Å²) in [5.41, 5.74) is 2.73. The van der Waals surface area contributed by atoms with E-state index in [1.165, 1.54) is 23.5 Å². The van der Waals surface area contributed by atoms with Gasteiger partial charge in [0.05, 0.1) is 15.2 Å². The van der Waals surface area contributed by atoms with E-state index in [0.29, 0.717) is 26.2 Å². The number of carbonyl (C=O) groups excluding carboxylic acids is 1. The highest BCUT2D eigenvalue weighted by atomic mass is 79.9. The van der Waals surface area contributed by atoms with Crippen molar-refractivity contribution in [3.8, 4) is 11.3 Å². The van der Waals surface area contributed by atoms with Gasteiger partial charge in [-0.3, -0.25) is 0 Å². The molecular weight excluding hydrogens is 585 g/mol. The summed E-state index contributed by atoms with van der Waals surface area (Å²) in [5, 5.41) is 5.73. The van der Waals surface area contributed by atoms with Gasteiger partial charge < -0.3 is 19.4 Å². The summed E-state index contributed by atoms with van der Waals surface area (Å²) in [5.74, 6) is 1.37. The zero-order valence-corrected chi connectivity index (χ0v) is 25.0. The topological polar surface area (TPSA) is 79.1 Å². The molecule has 0 aliphatic carbocycles. The summed E-state index contributed by atoms with van der Waals surface area (Å²) >= 11 is 5.13. The van der Waals surface area contributed by atoms with E-state index in [9.17, 15) is 9.18 Å². The Morgan fingerprint density at radius 2 is 1.79 bits per heavy atom. The fourth-order valence-electron chi connectivity index (χ4n) is 4.45. The number of aromatic nitrogens is 4. The van der Waals surface area contributed by atoms with Crippen molar-refractivity contribution in [1.29, 1.82) is 0 Å². The zero-order valence-electron chi connectivity index (χ0n) is 22.6. The largest absolute Gasteiger partial charge is 0.444 e. The third kappa shape index (κ3) is 5.72. The highest BCUT2D eigenvalue weighted by molar-refractivity contribution is 9.11. The number of anilines is 3. The van der Waals surface area contributed by atoms with Crippen molar-refractivity contribution in [3.05, 3.63) is 51.7 Å². The van der Waals surface area contributed by atoms with Crippen LogP contribution in [0.15, 0.2) is 40.2 Å². The Morgan fingerprint density at radius 3 is 2.44 bits per heavy atom. The van der Waals surface area contributed by atoms with Crippen molar-refractivity contribution in [2.75, 3.05) is 43.0 Å². The molecule has 1 aliphatic rings. The van der Waals surface area contributed by atoms with Gasteiger partial charge in [0.15, 0.2) is 16.6 Å². The van der Waals surface area contributed by atoms with E-state index in [1.807, 2.05) is 49.4 Å². The van der Waals surface area contributed by atoms with Gasteiger partial charge in [-0.15, -0.1) is 5.10 Å². The maximum atomic E-state index is 13.5. The molecule has 39 heavy (non-hydrogen) atoms. The molecule has 0 N–H and O–H groups in total. The number of hydrogen-bond acceptors (Lipinski definition) is 8. The average Bonchev–Trinajstić information content (AvgIpc) is 3.48. The summed E-state index contributed by atoms with van der Waals surface area (Å²) in [6.07, 6.45) is 0.441. The Hall–Kier alpha value is -3.25. The van der Waals surface area contributed by atoms with Gasteiger partial charge in [0.1, 0.15) is 17.2 Å². The molecule has 3 aromatic heterocycles. The van der Waals surface area contributed by atoms with Crippen LogP contribution in [0.3, 0.4) is 0 Å². The predicted molar refractivity (Wildman–Crippen MR) is 156 cm³/mol. The van der Waals surface area contributed by atoms with Crippen LogP contribution in [-0.2, 0) is 11.2 Å². The maximum Gasteiger partial charge on any atom is 0.410 e. The van der Waals surface area contributed by atoms with Crippen LogP contribution in [-0.4, -0.2) is 69.4 Å². The number of aryl methyl sites for hydroxylation is 1. The molecule has 0 radical (unpaired) electrons. The summed E-state index contributed by atoms with van der Waals surface area (Å²) in [6, 6.07) is 10.3. The van der Waals surface area contributed by atoms with Crippen LogP contribution in [0.2, 0.25) is 0 Å². The molecule has 1 amide bonds. The summed E-state index contributed by atoms with van der Waals surface area (Å²) in [6.45, 7) is 10.1. The molecule has 0 unspecified atom stereocenters. The van der Waals surface area contributed by atoms with Crippen molar-refractivity contribution in [1.82, 2.24) is 24.5 Å². The molecular formula is C27H31BrFN7O2S. The van der Waals surface area contributed by atoms with Crippen molar-refractivity contribution in [2.45, 2.75) is 39.7 Å². The molecule has 0 bridgehead atoms. The molecule has 9 nitrogen and oxygen atoms in total. The first kappa shape index (κ1) is 27.3. The van der Waals surface area contributed by atoms with Gasteiger partial charge in [0, 0.05) is 38.8 Å². The summed E-state index contributed by atoms with van der Waals surface area (Å²) < 4.78 is 21.7. The van der Waals surface area contributed by atoms with Gasteiger partial charge in [-0.2, -0.15) is 4.52 Å². The number of halogens is 2. The molecule has 1 fully saturated rings. The number of nitrogens with zero attached hydrogens (tertiary/aromatic N) is 7. The first-order valence-corrected chi connectivity index (χ1v) is 14.4. The summed E-state index contributed by atoms with van der Waals surface area (Å²) in [7, 11) is 1.95. The minimum Gasteiger partial charge on any atom is -0.444 e. The van der Waals surface area contributed by atoms with Crippen LogP contribution in [0.25, 0.3) is 16.9 Å². The minimum absolute atomic E-state index is 0.283. The van der Waals surface area contributed by atoms with Gasteiger partial charge in [-0.05, 0) is 79.5 Å². The number of rotatable bonds is 5. The second-order valence-electron chi connectivity index (χ2n) is 10.3. The van der Waals surface area contributed by atoms with E-state index in [1.54, 1.807) is 17.0 Å². The number of ether oxygens (including phenoxy) is 1. The molecule has 4 heterocycles. The number of carbonyl (C=O) groups is 1. The van der Waals surface area contributed by atoms with Gasteiger partial charge in [-0.1, -0.05) is 18.3 Å². The Kier molecular flexibility index (Phi) is 7.51. The van der Waals surface area contributed by atoms with Crippen molar-refractivity contribution in [3.63, 3.8) is 0 Å². The number of hydrogen-bond donors (Lipinski definition) is 0. The summed E-state index contributed by atoms with van der Waals surface area (Å²) in [4.78, 5) is 28.1. The van der Waals surface area contributed by atoms with Crippen LogP contribution in [0.5, 0.6) is 0 Å². The van der Waals surface area contributed by atoms with Gasteiger partial charge in [-0.25, -0.2) is 19.2 Å². The molecule has 1 aromatic carbocycles. The normalized spacial score (nSPS) is 14.2. The zero-order chi connectivity index (χ0) is 27.9. The molecule has 0 spiro atoms. The van der Waals surface area contributed by atoms with Crippen LogP contribution >= 0.6 is 27.3 Å². The van der Waals surface area contributed by atoms with Crippen LogP contribution < -0.4 is 9.80 Å². The number of fused-ring (bicyclic) bond motifs is 1. The molecule has 5 rings (SSSR count). The number of imidazole rings is 1. The quantitative estimate of drug-likeness (QED) is 0.267. The Bertz CT molecular complexity index is 1490. The third-order valence-electron chi connectivity index (χ3n) is 6.40. The van der Waals surface area contributed by atoms with Crippen molar-refractivity contribution in [2.24, 2.45) is 0 Å². The Morgan fingerprint density at radius 1 is 1.10 bits per heavy atom. The molecule has 1 aliphatic heterocycles. The highest BCUT2D eigenvalue weighted by Gasteiger charge is 2.27. The van der Waals surface area contributed by atoms with E-state index in [-0.39, 0.29) is 11.9 Å². The Balaban J connectivity index is 1.41. The van der Waals surface area contributed by atoms with Crippen LogP contribution in [0, 0.1) is 5.82 Å². The fraction of sp³-hybridized carbons (Fsp3) is 0.407. The van der Waals surface area contributed by atoms with Gasteiger partial charge >= 0.3 is 6.09 Å². The second-order valence-corrected chi connectivity index (χ2v) is 12.6. The first-order chi connectivity index (χ1) is 18.5. The second kappa shape index (κ2) is 10.7. The average molecular weight is 617 g/mol. The van der Waals surface area contributed by atoms with E-state index >= 15 is 0 Å². The monoisotopic (exact) mass is 615 g/mol. The van der Waals surface area contributed by atoms with E-state index in [0.717, 1.165) is 49.6 Å². The Labute approximate surface area is 239 Å². The van der Waals surface area contributed by atoms with Gasteiger partial charge in [0.25, 0.3) is 0 Å². The van der Waals surface area contributed by atoms with Gasteiger partial charge in [0.2, 0.25) is 0 Å². The third-order valence-corrected chi connectivity index (χ3v) is 8.18. The molecule has 4 aromatic rings. The van der Waals surface area contributed by atoms with E-state index in [2.05, 4.69) is 27.8 Å². The lowest BCUT2D eigenvalue weighted by Gasteiger charge is -2.36. The predicted octanol–water partition coefficient (Wildman–Crippen LogP) is 6.14. The molecule has 12 heteroatoms. The first-order valence-electron chi connectivity index (χ1n) is 12.8. The lowest BCUT2D eigenvalue weighted by Crippen LogP contribution is -2.50. The molecule has 1 saturated heterocycles. The molecule has 0 saturated carbocycles. The number of thiazole rings is 1. The smallest absolute Gasteiger partial charge is 0.410 e. The maximum absolute atomic E-state index is 13.5. The number of benzene rings is 1. The molecule has 206 valence electrons. The lowest BCUT2D eigenvalue weighted by atomic mass is 10.2. The number of amides is 1. The van der Waals surface area contributed by atoms with E-state index < -0.39 is 5.60 Å². The van der Waals surface area contributed by atoms with Crippen LogP contribution in [0.4, 0.5) is 26.0 Å².